The second-order valence-electron chi connectivity index (χ2n) is 4.02. The molecule has 0 spiro atoms. The zero-order valence-corrected chi connectivity index (χ0v) is 11.6. The molecule has 2 aromatic rings. The lowest BCUT2D eigenvalue weighted by molar-refractivity contribution is 0.483. The summed E-state index contributed by atoms with van der Waals surface area (Å²) in [5, 5.41) is 9.75. The summed E-state index contributed by atoms with van der Waals surface area (Å²) in [4.78, 5) is 0. The molecule has 2 N–H and O–H groups in total. The fourth-order valence-electron chi connectivity index (χ4n) is 1.56. The number of nitrogen functional groups attached to an aromatic ring is 1. The molecule has 0 heterocycles. The minimum Gasteiger partial charge on any atom is -0.454 e. The molecular weight excluding hydrogens is 283 g/mol. The van der Waals surface area contributed by atoms with Gasteiger partial charge >= 0.3 is 0 Å². The van der Waals surface area contributed by atoms with Gasteiger partial charge < -0.3 is 10.5 Å². The third kappa shape index (κ3) is 2.93. The molecule has 0 atom stereocenters. The van der Waals surface area contributed by atoms with Crippen molar-refractivity contribution >= 4 is 28.9 Å². The van der Waals surface area contributed by atoms with Gasteiger partial charge in [-0.05, 0) is 30.7 Å². The van der Waals surface area contributed by atoms with E-state index in [0.29, 0.717) is 32.8 Å². The van der Waals surface area contributed by atoms with Crippen LogP contribution in [0.25, 0.3) is 0 Å². The Hall–Kier alpha value is -1.89. The SMILES string of the molecule is Cc1ccc(C#N)c(Oc2cc(Cl)c(Cl)cc2N)c1. The van der Waals surface area contributed by atoms with Crippen LogP contribution in [0.3, 0.4) is 0 Å². The number of nitriles is 1. The van der Waals surface area contributed by atoms with Gasteiger partial charge in [0.25, 0.3) is 0 Å². The summed E-state index contributed by atoms with van der Waals surface area (Å²) in [6.45, 7) is 1.91. The Morgan fingerprint density at radius 3 is 2.47 bits per heavy atom. The number of rotatable bonds is 2. The smallest absolute Gasteiger partial charge is 0.151 e. The minimum absolute atomic E-state index is 0.344. The van der Waals surface area contributed by atoms with E-state index in [-0.39, 0.29) is 0 Å². The van der Waals surface area contributed by atoms with E-state index < -0.39 is 0 Å². The minimum atomic E-state index is 0.344. The van der Waals surface area contributed by atoms with Gasteiger partial charge in [-0.25, -0.2) is 0 Å². The number of nitrogens with two attached hydrogens (primary N) is 1. The quantitative estimate of drug-likeness (QED) is 0.826. The predicted octanol–water partition coefficient (Wildman–Crippen LogP) is 4.55. The van der Waals surface area contributed by atoms with Crippen molar-refractivity contribution in [2.75, 3.05) is 5.73 Å². The van der Waals surface area contributed by atoms with Crippen LogP contribution < -0.4 is 10.5 Å². The Labute approximate surface area is 121 Å². The normalized spacial score (nSPS) is 10.0. The number of hydrogen-bond donors (Lipinski definition) is 1. The predicted molar refractivity (Wildman–Crippen MR) is 76.8 cm³/mol. The van der Waals surface area contributed by atoms with E-state index in [4.69, 9.17) is 38.9 Å². The van der Waals surface area contributed by atoms with Crippen LogP contribution in [0, 0.1) is 18.3 Å². The monoisotopic (exact) mass is 292 g/mol. The van der Waals surface area contributed by atoms with Crippen molar-refractivity contribution in [3.8, 4) is 17.6 Å². The summed E-state index contributed by atoms with van der Waals surface area (Å²) in [6.07, 6.45) is 0. The van der Waals surface area contributed by atoms with E-state index in [2.05, 4.69) is 6.07 Å². The molecule has 0 bridgehead atoms. The third-order valence-electron chi connectivity index (χ3n) is 2.53. The maximum Gasteiger partial charge on any atom is 0.151 e. The summed E-state index contributed by atoms with van der Waals surface area (Å²) >= 11 is 11.8. The van der Waals surface area contributed by atoms with Crippen LogP contribution in [-0.2, 0) is 0 Å². The average molecular weight is 293 g/mol. The number of anilines is 1. The molecule has 19 heavy (non-hydrogen) atoms. The van der Waals surface area contributed by atoms with Crippen LogP contribution in [0.15, 0.2) is 30.3 Å². The summed E-state index contributed by atoms with van der Waals surface area (Å²) in [5.74, 6) is 0.809. The van der Waals surface area contributed by atoms with E-state index >= 15 is 0 Å². The highest BCUT2D eigenvalue weighted by Crippen LogP contribution is 2.36. The number of aryl methyl sites for hydroxylation is 1. The molecule has 0 aliphatic rings. The molecule has 0 aliphatic carbocycles. The first-order valence-corrected chi connectivity index (χ1v) is 6.20. The van der Waals surface area contributed by atoms with Crippen molar-refractivity contribution in [2.24, 2.45) is 0 Å². The highest BCUT2D eigenvalue weighted by atomic mass is 35.5. The van der Waals surface area contributed by atoms with Crippen molar-refractivity contribution in [1.82, 2.24) is 0 Å². The van der Waals surface area contributed by atoms with Gasteiger partial charge in [-0.3, -0.25) is 0 Å². The molecule has 96 valence electrons. The molecule has 2 rings (SSSR count). The molecule has 0 amide bonds. The van der Waals surface area contributed by atoms with E-state index in [1.165, 1.54) is 12.1 Å². The highest BCUT2D eigenvalue weighted by molar-refractivity contribution is 6.42. The van der Waals surface area contributed by atoms with E-state index in [1.807, 2.05) is 13.0 Å². The average Bonchev–Trinajstić information content (AvgIpc) is 2.36. The Bertz CT molecular complexity index is 678. The highest BCUT2D eigenvalue weighted by Gasteiger charge is 2.10. The van der Waals surface area contributed by atoms with Crippen molar-refractivity contribution < 1.29 is 4.74 Å². The fourth-order valence-corrected chi connectivity index (χ4v) is 1.88. The molecule has 5 heteroatoms. The first-order valence-electron chi connectivity index (χ1n) is 5.44. The van der Waals surface area contributed by atoms with E-state index in [0.717, 1.165) is 5.56 Å². The number of benzene rings is 2. The number of halogens is 2. The zero-order chi connectivity index (χ0) is 14.0. The van der Waals surface area contributed by atoms with Crippen LogP contribution in [0.2, 0.25) is 10.0 Å². The lowest BCUT2D eigenvalue weighted by Gasteiger charge is -2.11. The molecule has 0 fully saturated rings. The molecule has 0 unspecified atom stereocenters. The molecule has 0 aliphatic heterocycles. The van der Waals surface area contributed by atoms with Crippen LogP contribution in [0.1, 0.15) is 11.1 Å². The van der Waals surface area contributed by atoms with E-state index in [9.17, 15) is 0 Å². The maximum atomic E-state index is 9.05. The Balaban J connectivity index is 2.45. The van der Waals surface area contributed by atoms with Gasteiger partial charge in [0.05, 0.1) is 21.3 Å². The molecule has 3 nitrogen and oxygen atoms in total. The number of hydrogen-bond acceptors (Lipinski definition) is 3. The van der Waals surface area contributed by atoms with Crippen LogP contribution >= 0.6 is 23.2 Å². The lowest BCUT2D eigenvalue weighted by atomic mass is 10.1. The van der Waals surface area contributed by atoms with Gasteiger partial charge in [-0.2, -0.15) is 5.26 Å². The van der Waals surface area contributed by atoms with Gasteiger partial charge in [0.2, 0.25) is 0 Å². The molecular formula is C14H10Cl2N2O. The van der Waals surface area contributed by atoms with Gasteiger partial charge in [0, 0.05) is 6.07 Å². The maximum absolute atomic E-state index is 9.05. The van der Waals surface area contributed by atoms with Crippen molar-refractivity contribution in [2.45, 2.75) is 6.92 Å². The van der Waals surface area contributed by atoms with Crippen LogP contribution in [-0.4, -0.2) is 0 Å². The van der Waals surface area contributed by atoms with Gasteiger partial charge in [-0.1, -0.05) is 29.3 Å². The second kappa shape index (κ2) is 5.40. The van der Waals surface area contributed by atoms with Crippen LogP contribution in [0.5, 0.6) is 11.5 Å². The Kier molecular flexibility index (Phi) is 3.84. The molecule has 0 radical (unpaired) electrons. The van der Waals surface area contributed by atoms with Crippen molar-refractivity contribution in [1.29, 1.82) is 5.26 Å². The van der Waals surface area contributed by atoms with E-state index in [1.54, 1.807) is 12.1 Å². The number of nitrogens with zero attached hydrogens (tertiary/aromatic N) is 1. The first kappa shape index (κ1) is 13.5. The topological polar surface area (TPSA) is 59.0 Å². The third-order valence-corrected chi connectivity index (χ3v) is 3.25. The Morgan fingerprint density at radius 1 is 1.11 bits per heavy atom. The number of ether oxygens (including phenoxy) is 1. The van der Waals surface area contributed by atoms with Gasteiger partial charge in [0.1, 0.15) is 11.8 Å². The first-order chi connectivity index (χ1) is 9.01. The largest absolute Gasteiger partial charge is 0.454 e. The summed E-state index contributed by atoms with van der Waals surface area (Å²) in [7, 11) is 0. The van der Waals surface area contributed by atoms with Crippen molar-refractivity contribution in [3.63, 3.8) is 0 Å². The van der Waals surface area contributed by atoms with Gasteiger partial charge in [-0.15, -0.1) is 0 Å². The lowest BCUT2D eigenvalue weighted by Crippen LogP contribution is -1.94. The molecule has 0 saturated carbocycles. The second-order valence-corrected chi connectivity index (χ2v) is 4.83. The zero-order valence-electron chi connectivity index (χ0n) is 10.1. The van der Waals surface area contributed by atoms with Gasteiger partial charge in [0.15, 0.2) is 5.75 Å². The summed E-state index contributed by atoms with van der Waals surface area (Å²) in [6, 6.07) is 10.4. The fraction of sp³-hybridized carbons (Fsp3) is 0.0714. The molecule has 0 saturated heterocycles. The van der Waals surface area contributed by atoms with Crippen molar-refractivity contribution in [3.05, 3.63) is 51.5 Å². The summed E-state index contributed by atoms with van der Waals surface area (Å²) in [5.41, 5.74) is 7.58. The summed E-state index contributed by atoms with van der Waals surface area (Å²) < 4.78 is 5.66. The standard InChI is InChI=1S/C14H10Cl2N2O/c1-8-2-3-9(7-17)13(4-8)19-14-6-11(16)10(15)5-12(14)18/h2-6H,18H2,1H3. The molecule has 0 aromatic heterocycles. The Morgan fingerprint density at radius 2 is 1.79 bits per heavy atom. The van der Waals surface area contributed by atoms with Crippen LogP contribution in [0.4, 0.5) is 5.69 Å². The molecule has 2 aromatic carbocycles.